The molecule has 0 aliphatic carbocycles. The summed E-state index contributed by atoms with van der Waals surface area (Å²) in [4.78, 5) is 16.0. The van der Waals surface area contributed by atoms with E-state index in [1.54, 1.807) is 24.4 Å². The summed E-state index contributed by atoms with van der Waals surface area (Å²) in [5, 5.41) is 10.6. The fraction of sp³-hybridized carbons (Fsp3) is 0.0833. The molecule has 0 radical (unpaired) electrons. The van der Waals surface area contributed by atoms with Crippen molar-refractivity contribution >= 4 is 22.6 Å². The van der Waals surface area contributed by atoms with Gasteiger partial charge in [-0.2, -0.15) is 0 Å². The van der Waals surface area contributed by atoms with E-state index in [9.17, 15) is 9.90 Å². The molecule has 0 saturated heterocycles. The van der Waals surface area contributed by atoms with Crippen molar-refractivity contribution in [1.29, 1.82) is 0 Å². The molecule has 0 saturated carbocycles. The van der Waals surface area contributed by atoms with Crippen LogP contribution in [0.5, 0.6) is 5.75 Å². The Balaban J connectivity index is 1.66. The third-order valence-electron chi connectivity index (χ3n) is 5.22. The molecule has 0 fully saturated rings. The normalized spacial score (nSPS) is 14.1. The highest BCUT2D eigenvalue weighted by Crippen LogP contribution is 2.37. The first-order chi connectivity index (χ1) is 14.2. The van der Waals surface area contributed by atoms with Crippen LogP contribution in [0.1, 0.15) is 27.0 Å². The number of fused-ring (bicyclic) bond motifs is 3. The molecule has 0 unspecified atom stereocenters. The number of nitrogens with zero attached hydrogens (tertiary/aromatic N) is 2. The molecule has 5 rings (SSSR count). The zero-order chi connectivity index (χ0) is 19.8. The van der Waals surface area contributed by atoms with Gasteiger partial charge in [0.25, 0.3) is 0 Å². The first-order valence-corrected chi connectivity index (χ1v) is 9.39. The first kappa shape index (κ1) is 17.3. The summed E-state index contributed by atoms with van der Waals surface area (Å²) in [5.41, 5.74) is 5.04. The van der Waals surface area contributed by atoms with Gasteiger partial charge in [0.15, 0.2) is 0 Å². The quantitative estimate of drug-likeness (QED) is 0.555. The molecule has 2 aromatic carbocycles. The second-order valence-electron chi connectivity index (χ2n) is 6.96. The lowest BCUT2D eigenvalue weighted by Crippen LogP contribution is -2.00. The summed E-state index contributed by atoms with van der Waals surface area (Å²) in [6.07, 6.45) is 5.92. The molecule has 2 aromatic heterocycles. The van der Waals surface area contributed by atoms with Crippen molar-refractivity contribution in [3.05, 3.63) is 101 Å². The van der Waals surface area contributed by atoms with Crippen LogP contribution in [0.2, 0.25) is 0 Å². The first-order valence-electron chi connectivity index (χ1n) is 9.39. The van der Waals surface area contributed by atoms with Gasteiger partial charge in [0.2, 0.25) is 0 Å². The summed E-state index contributed by atoms with van der Waals surface area (Å²) in [6, 6.07) is 19.1. The van der Waals surface area contributed by atoms with Gasteiger partial charge < -0.3 is 14.4 Å². The Morgan fingerprint density at radius 1 is 1.10 bits per heavy atom. The third-order valence-corrected chi connectivity index (χ3v) is 5.22. The number of aromatic nitrogens is 2. The van der Waals surface area contributed by atoms with Crippen molar-refractivity contribution in [2.24, 2.45) is 0 Å². The fourth-order valence-corrected chi connectivity index (χ4v) is 3.79. The molecule has 0 bridgehead atoms. The molecular formula is C24H18N2O3. The van der Waals surface area contributed by atoms with E-state index < -0.39 is 5.97 Å². The Kier molecular flexibility index (Phi) is 4.13. The van der Waals surface area contributed by atoms with E-state index in [1.807, 2.05) is 42.6 Å². The van der Waals surface area contributed by atoms with E-state index in [0.29, 0.717) is 18.9 Å². The summed E-state index contributed by atoms with van der Waals surface area (Å²) >= 11 is 0. The number of ether oxygens (including phenoxy) is 1. The minimum Gasteiger partial charge on any atom is -0.488 e. The standard InChI is InChI=1S/C24H18N2O3/c27-24(28)17-7-8-22-21(14-17)20(19-6-2-1-4-18(19)15-29-22)10-13-26-12-9-16-5-3-11-25-23(16)26/h1-12,14H,13,15H2,(H,27,28)/b20-10+. The Bertz CT molecular complexity index is 1270. The number of carbonyl (C=O) groups is 1. The topological polar surface area (TPSA) is 64.3 Å². The van der Waals surface area contributed by atoms with Crippen LogP contribution in [0.25, 0.3) is 16.6 Å². The maximum Gasteiger partial charge on any atom is 0.335 e. The second kappa shape index (κ2) is 6.95. The molecule has 1 N–H and O–H groups in total. The summed E-state index contributed by atoms with van der Waals surface area (Å²) in [6.45, 7) is 1.06. The van der Waals surface area contributed by atoms with Crippen LogP contribution in [-0.4, -0.2) is 20.6 Å². The molecule has 29 heavy (non-hydrogen) atoms. The number of pyridine rings is 1. The highest BCUT2D eigenvalue weighted by molar-refractivity contribution is 5.92. The van der Waals surface area contributed by atoms with Crippen molar-refractivity contribution < 1.29 is 14.6 Å². The molecule has 0 amide bonds. The second-order valence-corrected chi connectivity index (χ2v) is 6.96. The maximum atomic E-state index is 11.5. The van der Waals surface area contributed by atoms with Gasteiger partial charge in [-0.15, -0.1) is 0 Å². The van der Waals surface area contributed by atoms with E-state index in [2.05, 4.69) is 21.7 Å². The van der Waals surface area contributed by atoms with E-state index in [4.69, 9.17) is 4.74 Å². The van der Waals surface area contributed by atoms with Crippen molar-refractivity contribution in [2.75, 3.05) is 0 Å². The number of hydrogen-bond donors (Lipinski definition) is 1. The summed E-state index contributed by atoms with van der Waals surface area (Å²) in [7, 11) is 0. The Morgan fingerprint density at radius 2 is 2.00 bits per heavy atom. The average molecular weight is 382 g/mol. The molecule has 5 nitrogen and oxygen atoms in total. The summed E-state index contributed by atoms with van der Waals surface area (Å²) < 4.78 is 8.08. The zero-order valence-electron chi connectivity index (χ0n) is 15.6. The number of aromatic carboxylic acids is 1. The molecule has 4 aromatic rings. The lowest BCUT2D eigenvalue weighted by atomic mass is 9.93. The SMILES string of the molecule is O=C(O)c1ccc2c(c1)/C(=C/Cn1ccc3cccnc31)c1ccccc1CO2. The number of carboxylic acid groups (broad SMARTS) is 1. The summed E-state index contributed by atoms with van der Waals surface area (Å²) in [5.74, 6) is -0.266. The lowest BCUT2D eigenvalue weighted by molar-refractivity contribution is 0.0697. The van der Waals surface area contributed by atoms with E-state index in [-0.39, 0.29) is 5.56 Å². The fourth-order valence-electron chi connectivity index (χ4n) is 3.79. The minimum atomic E-state index is -0.953. The third kappa shape index (κ3) is 3.06. The maximum absolute atomic E-state index is 11.5. The van der Waals surface area contributed by atoms with Crippen LogP contribution >= 0.6 is 0 Å². The number of hydrogen-bond acceptors (Lipinski definition) is 3. The van der Waals surface area contributed by atoms with Crippen LogP contribution in [0.4, 0.5) is 0 Å². The van der Waals surface area contributed by atoms with Crippen molar-refractivity contribution in [3.8, 4) is 5.75 Å². The molecule has 0 spiro atoms. The highest BCUT2D eigenvalue weighted by atomic mass is 16.5. The van der Waals surface area contributed by atoms with Crippen LogP contribution in [-0.2, 0) is 13.2 Å². The Hall–Kier alpha value is -3.86. The monoisotopic (exact) mass is 382 g/mol. The predicted octanol–water partition coefficient (Wildman–Crippen LogP) is 4.76. The molecule has 1 aliphatic rings. The van der Waals surface area contributed by atoms with E-state index in [0.717, 1.165) is 33.3 Å². The Morgan fingerprint density at radius 3 is 2.90 bits per heavy atom. The van der Waals surface area contributed by atoms with Gasteiger partial charge in [-0.05, 0) is 53.1 Å². The number of benzene rings is 2. The number of carboxylic acids is 1. The van der Waals surface area contributed by atoms with Crippen LogP contribution in [0, 0.1) is 0 Å². The van der Waals surface area contributed by atoms with Gasteiger partial charge in [-0.25, -0.2) is 9.78 Å². The minimum absolute atomic E-state index is 0.241. The van der Waals surface area contributed by atoms with Crippen LogP contribution in [0.3, 0.4) is 0 Å². The lowest BCUT2D eigenvalue weighted by Gasteiger charge is -2.12. The van der Waals surface area contributed by atoms with Crippen LogP contribution < -0.4 is 4.74 Å². The van der Waals surface area contributed by atoms with Crippen LogP contribution in [0.15, 0.2) is 79.1 Å². The molecule has 142 valence electrons. The Labute approximate surface area is 167 Å². The van der Waals surface area contributed by atoms with Gasteiger partial charge >= 0.3 is 5.97 Å². The van der Waals surface area contributed by atoms with Crippen molar-refractivity contribution in [3.63, 3.8) is 0 Å². The van der Waals surface area contributed by atoms with Gasteiger partial charge in [-0.3, -0.25) is 0 Å². The van der Waals surface area contributed by atoms with Crippen molar-refractivity contribution in [2.45, 2.75) is 13.2 Å². The van der Waals surface area contributed by atoms with E-state index in [1.165, 1.54) is 0 Å². The molecule has 0 atom stereocenters. The van der Waals surface area contributed by atoms with Crippen molar-refractivity contribution in [1.82, 2.24) is 9.55 Å². The molecule has 1 aliphatic heterocycles. The van der Waals surface area contributed by atoms with Gasteiger partial charge in [0.1, 0.15) is 18.0 Å². The van der Waals surface area contributed by atoms with E-state index >= 15 is 0 Å². The largest absolute Gasteiger partial charge is 0.488 e. The molecular weight excluding hydrogens is 364 g/mol. The van der Waals surface area contributed by atoms with Gasteiger partial charge in [0, 0.05) is 29.9 Å². The highest BCUT2D eigenvalue weighted by Gasteiger charge is 2.20. The number of allylic oxidation sites excluding steroid dienone is 1. The molecule has 3 heterocycles. The molecule has 5 heteroatoms. The average Bonchev–Trinajstić information content (AvgIpc) is 3.09. The van der Waals surface area contributed by atoms with Gasteiger partial charge in [0.05, 0.1) is 5.56 Å². The zero-order valence-corrected chi connectivity index (χ0v) is 15.6. The smallest absolute Gasteiger partial charge is 0.335 e. The predicted molar refractivity (Wildman–Crippen MR) is 111 cm³/mol. The number of rotatable bonds is 3. The van der Waals surface area contributed by atoms with Gasteiger partial charge in [-0.1, -0.05) is 30.3 Å².